The average Bonchev–Trinajstić information content (AvgIpc) is 1.38. The second-order valence-corrected chi connectivity index (χ2v) is 0.940. The van der Waals surface area contributed by atoms with E-state index in [2.05, 4.69) is 0 Å². The molecule has 0 heterocycles. The number of hydrogen-bond donors (Lipinski definition) is 0. The van der Waals surface area contributed by atoms with Gasteiger partial charge < -0.3 is 0 Å². The molecule has 4 radical (unpaired) electrons. The molecule has 0 aliphatic rings. The zero-order valence-corrected chi connectivity index (χ0v) is 3.31. The summed E-state index contributed by atoms with van der Waals surface area (Å²) in [6.07, 6.45) is 0. The molecule has 0 spiro atoms. The summed E-state index contributed by atoms with van der Waals surface area (Å²) in [6, 6.07) is 0. The molecule has 0 bridgehead atoms. The molecule has 0 aliphatic heterocycles. The van der Waals surface area contributed by atoms with Crippen molar-refractivity contribution in [3.8, 4) is 0 Å². The minimum Gasteiger partial charge on any atom is -0.300 e. The Hall–Kier alpha value is -0.0400. The lowest BCUT2D eigenvalue weighted by molar-refractivity contribution is 0.501. The highest BCUT2D eigenvalue weighted by Gasteiger charge is 1.73. The second kappa shape index (κ2) is 2.21. The summed E-state index contributed by atoms with van der Waals surface area (Å²) in [6.45, 7) is 5.39. The minimum atomic E-state index is 0.417. The summed E-state index contributed by atoms with van der Waals surface area (Å²) in [5.74, 6) is 0. The molecule has 5 heavy (non-hydrogen) atoms. The van der Waals surface area contributed by atoms with Gasteiger partial charge in [0.1, 0.15) is 0 Å². The van der Waals surface area contributed by atoms with Gasteiger partial charge in [-0.05, 0) is 14.0 Å². The molecule has 0 N–H and O–H groups in total. The lowest BCUT2D eigenvalue weighted by atomic mass is 10.7. The first kappa shape index (κ1) is 4.96. The fraction of sp³-hybridized carbons (Fsp3) is 0.500. The Morgan fingerprint density at radius 3 is 2.00 bits per heavy atom. The van der Waals surface area contributed by atoms with Crippen LogP contribution in [0.15, 0.2) is 0 Å². The van der Waals surface area contributed by atoms with E-state index in [1.807, 2.05) is 0 Å². The number of rotatable bonds is 1. The van der Waals surface area contributed by atoms with Gasteiger partial charge in [-0.25, -0.2) is 0 Å². The van der Waals surface area contributed by atoms with Crippen molar-refractivity contribution in [2.75, 3.05) is 13.6 Å². The highest BCUT2D eigenvalue weighted by Crippen LogP contribution is 1.66. The maximum atomic E-state index is 5.00. The second-order valence-electron chi connectivity index (χ2n) is 0.940. The SMILES string of the molecule is [CH]CN([CH])C. The molecule has 0 aromatic rings. The molecule has 0 fully saturated rings. The third-order valence-corrected chi connectivity index (χ3v) is 0.288. The maximum absolute atomic E-state index is 5.00. The molecule has 0 atom stereocenters. The number of hydrogen-bond acceptors (Lipinski definition) is 1. The van der Waals surface area contributed by atoms with Gasteiger partial charge in [0.05, 0.1) is 0 Å². The van der Waals surface area contributed by atoms with Crippen LogP contribution in [0.4, 0.5) is 0 Å². The fourth-order valence-electron chi connectivity index (χ4n) is 0. The van der Waals surface area contributed by atoms with Gasteiger partial charge in [-0.3, -0.25) is 4.90 Å². The molecular formula is C4H7N. The summed E-state index contributed by atoms with van der Waals surface area (Å²) < 4.78 is 0. The molecule has 0 aromatic carbocycles. The molecule has 0 amide bonds. The van der Waals surface area contributed by atoms with Gasteiger partial charge in [-0.2, -0.15) is 0 Å². The quantitative estimate of drug-likeness (QED) is 0.400. The average molecular weight is 69.1 g/mol. The topological polar surface area (TPSA) is 3.24 Å². The standard InChI is InChI=1S/C4H7N/c1-4-5(2)3/h1-2H,4H2,3H3. The molecule has 0 saturated carbocycles. The summed E-state index contributed by atoms with van der Waals surface area (Å²) >= 11 is 0. The third kappa shape index (κ3) is 3.96. The van der Waals surface area contributed by atoms with E-state index in [4.69, 9.17) is 14.0 Å². The van der Waals surface area contributed by atoms with Crippen molar-refractivity contribution in [3.05, 3.63) is 14.0 Å². The third-order valence-electron chi connectivity index (χ3n) is 0.288. The molecule has 0 aliphatic carbocycles. The Morgan fingerprint density at radius 2 is 2.00 bits per heavy atom. The van der Waals surface area contributed by atoms with Crippen LogP contribution in [0.2, 0.25) is 0 Å². The monoisotopic (exact) mass is 69.1 g/mol. The first-order valence-electron chi connectivity index (χ1n) is 1.43. The van der Waals surface area contributed by atoms with Crippen LogP contribution in [-0.2, 0) is 0 Å². The number of nitrogens with zero attached hydrogens (tertiary/aromatic N) is 1. The Kier molecular flexibility index (Phi) is 2.19. The largest absolute Gasteiger partial charge is 0.300 e. The predicted molar refractivity (Wildman–Crippen MR) is 21.2 cm³/mol. The Labute approximate surface area is 33.6 Å². The van der Waals surface area contributed by atoms with E-state index >= 15 is 0 Å². The van der Waals surface area contributed by atoms with Crippen molar-refractivity contribution in [1.29, 1.82) is 0 Å². The fourth-order valence-corrected chi connectivity index (χ4v) is 0. The molecule has 28 valence electrons. The first-order chi connectivity index (χ1) is 2.27. The van der Waals surface area contributed by atoms with Crippen LogP contribution < -0.4 is 0 Å². The van der Waals surface area contributed by atoms with E-state index in [1.54, 1.807) is 7.05 Å². The Balaban J connectivity index is 2.54. The van der Waals surface area contributed by atoms with Crippen LogP contribution in [0.5, 0.6) is 0 Å². The summed E-state index contributed by atoms with van der Waals surface area (Å²) in [5, 5.41) is 0. The van der Waals surface area contributed by atoms with Crippen LogP contribution >= 0.6 is 0 Å². The van der Waals surface area contributed by atoms with Gasteiger partial charge in [0, 0.05) is 13.6 Å². The summed E-state index contributed by atoms with van der Waals surface area (Å²) in [4.78, 5) is 1.40. The first-order valence-corrected chi connectivity index (χ1v) is 1.43. The van der Waals surface area contributed by atoms with Gasteiger partial charge in [0.2, 0.25) is 0 Å². The van der Waals surface area contributed by atoms with E-state index < -0.39 is 0 Å². The Bertz CT molecular complexity index is 17.6. The van der Waals surface area contributed by atoms with Crippen LogP contribution in [0.3, 0.4) is 0 Å². The zero-order chi connectivity index (χ0) is 4.28. The van der Waals surface area contributed by atoms with Crippen LogP contribution in [0, 0.1) is 14.0 Å². The molecule has 1 nitrogen and oxygen atoms in total. The predicted octanol–water partition coefficient (Wildman–Crippen LogP) is 0.298. The van der Waals surface area contributed by atoms with E-state index in [1.165, 1.54) is 4.90 Å². The summed E-state index contributed by atoms with van der Waals surface area (Å²) in [7, 11) is 6.71. The van der Waals surface area contributed by atoms with Gasteiger partial charge in [-0.1, -0.05) is 0 Å². The van der Waals surface area contributed by atoms with Crippen molar-refractivity contribution in [3.63, 3.8) is 0 Å². The van der Waals surface area contributed by atoms with Crippen molar-refractivity contribution < 1.29 is 0 Å². The highest BCUT2D eigenvalue weighted by atomic mass is 15.0. The van der Waals surface area contributed by atoms with E-state index in [0.717, 1.165) is 0 Å². The molecule has 0 rings (SSSR count). The molecular weight excluding hydrogens is 62.1 g/mol. The van der Waals surface area contributed by atoms with Crippen LogP contribution in [0.25, 0.3) is 0 Å². The lowest BCUT2D eigenvalue weighted by Crippen LogP contribution is -2.05. The van der Waals surface area contributed by atoms with Crippen LogP contribution in [-0.4, -0.2) is 18.5 Å². The smallest absolute Gasteiger partial charge is 0.0435 e. The van der Waals surface area contributed by atoms with Gasteiger partial charge in [-0.15, -0.1) is 0 Å². The zero-order valence-electron chi connectivity index (χ0n) is 3.31. The maximum Gasteiger partial charge on any atom is 0.0435 e. The van der Waals surface area contributed by atoms with Crippen LogP contribution in [0.1, 0.15) is 0 Å². The molecule has 1 heteroatoms. The van der Waals surface area contributed by atoms with Gasteiger partial charge >= 0.3 is 0 Å². The lowest BCUT2D eigenvalue weighted by Gasteiger charge is -1.98. The molecule has 0 unspecified atom stereocenters. The highest BCUT2D eigenvalue weighted by molar-refractivity contribution is 4.44. The van der Waals surface area contributed by atoms with Crippen molar-refractivity contribution in [2.45, 2.75) is 0 Å². The Morgan fingerprint density at radius 1 is 1.80 bits per heavy atom. The van der Waals surface area contributed by atoms with E-state index in [0.29, 0.717) is 6.54 Å². The van der Waals surface area contributed by atoms with Crippen molar-refractivity contribution in [1.82, 2.24) is 4.90 Å². The molecule has 0 saturated heterocycles. The minimum absolute atomic E-state index is 0.417. The van der Waals surface area contributed by atoms with Gasteiger partial charge in [0.15, 0.2) is 0 Å². The summed E-state index contributed by atoms with van der Waals surface area (Å²) in [5.41, 5.74) is 0. The van der Waals surface area contributed by atoms with E-state index in [9.17, 15) is 0 Å². The van der Waals surface area contributed by atoms with Crippen molar-refractivity contribution >= 4 is 0 Å². The normalized spacial score (nSPS) is 9.60. The van der Waals surface area contributed by atoms with Crippen molar-refractivity contribution in [2.24, 2.45) is 0 Å². The van der Waals surface area contributed by atoms with E-state index in [-0.39, 0.29) is 0 Å². The molecule has 0 aromatic heterocycles. The van der Waals surface area contributed by atoms with Gasteiger partial charge in [0.25, 0.3) is 0 Å².